The number of aliphatic carboxylic acids is 1. The van der Waals surface area contributed by atoms with Crippen LogP contribution in [0, 0.1) is 5.92 Å². The van der Waals surface area contributed by atoms with Crippen molar-refractivity contribution in [1.82, 2.24) is 4.90 Å². The number of carbonyl (C=O) groups is 1. The van der Waals surface area contributed by atoms with Gasteiger partial charge < -0.3 is 5.11 Å². The van der Waals surface area contributed by atoms with Crippen LogP contribution in [0.5, 0.6) is 0 Å². The van der Waals surface area contributed by atoms with Gasteiger partial charge in [-0.25, -0.2) is 0 Å². The fraction of sp³-hybridized carbons (Fsp3) is 0.929. The van der Waals surface area contributed by atoms with Crippen LogP contribution in [0.4, 0.5) is 0 Å². The van der Waals surface area contributed by atoms with Gasteiger partial charge in [0.2, 0.25) is 0 Å². The van der Waals surface area contributed by atoms with Gasteiger partial charge in [-0.3, -0.25) is 9.69 Å². The van der Waals surface area contributed by atoms with Gasteiger partial charge in [0.15, 0.2) is 0 Å². The molecule has 0 saturated carbocycles. The summed E-state index contributed by atoms with van der Waals surface area (Å²) in [5.74, 6) is -0.00551. The summed E-state index contributed by atoms with van der Waals surface area (Å²) in [7, 11) is 0. The van der Waals surface area contributed by atoms with Crippen molar-refractivity contribution in [1.29, 1.82) is 0 Å². The first-order valence-corrected chi connectivity index (χ1v) is 6.63. The minimum atomic E-state index is -0.713. The van der Waals surface area contributed by atoms with Crippen LogP contribution in [0.15, 0.2) is 0 Å². The Kier molecular flexibility index (Phi) is 6.76. The van der Waals surface area contributed by atoms with Crippen LogP contribution in [0.1, 0.15) is 60.8 Å². The van der Waals surface area contributed by atoms with Crippen LogP contribution < -0.4 is 0 Å². The molecule has 0 saturated heterocycles. The molecule has 1 atom stereocenters. The van der Waals surface area contributed by atoms with E-state index >= 15 is 0 Å². The number of nitrogens with zero attached hydrogens (tertiary/aromatic N) is 1. The molecule has 3 nitrogen and oxygen atoms in total. The largest absolute Gasteiger partial charge is 0.481 e. The van der Waals surface area contributed by atoms with E-state index in [9.17, 15) is 4.79 Å². The number of carboxylic acids is 1. The van der Waals surface area contributed by atoms with E-state index in [1.54, 1.807) is 0 Å². The van der Waals surface area contributed by atoms with Crippen molar-refractivity contribution in [3.63, 3.8) is 0 Å². The lowest BCUT2D eigenvalue weighted by molar-refractivity contribution is -0.137. The average molecular weight is 243 g/mol. The first kappa shape index (κ1) is 16.4. The predicted octanol–water partition coefficient (Wildman–Crippen LogP) is 3.39. The van der Waals surface area contributed by atoms with Crippen LogP contribution in [0.3, 0.4) is 0 Å². The molecule has 0 heterocycles. The van der Waals surface area contributed by atoms with Crippen molar-refractivity contribution in [2.24, 2.45) is 5.92 Å². The van der Waals surface area contributed by atoms with Crippen molar-refractivity contribution >= 4 is 5.97 Å². The lowest BCUT2D eigenvalue weighted by Crippen LogP contribution is -2.48. The molecule has 0 rings (SSSR count). The Labute approximate surface area is 106 Å². The van der Waals surface area contributed by atoms with Gasteiger partial charge in [-0.05, 0) is 46.5 Å². The number of carboxylic acid groups (broad SMARTS) is 1. The van der Waals surface area contributed by atoms with Crippen molar-refractivity contribution < 1.29 is 9.90 Å². The van der Waals surface area contributed by atoms with Crippen molar-refractivity contribution in [3.8, 4) is 0 Å². The van der Waals surface area contributed by atoms with Gasteiger partial charge in [-0.1, -0.05) is 13.8 Å². The van der Waals surface area contributed by atoms with Gasteiger partial charge >= 0.3 is 5.97 Å². The number of rotatable bonds is 7. The normalized spacial score (nSPS) is 14.4. The zero-order chi connectivity index (χ0) is 13.6. The molecule has 0 spiro atoms. The summed E-state index contributed by atoms with van der Waals surface area (Å²) in [6, 6.07) is 0.441. The van der Waals surface area contributed by atoms with E-state index in [2.05, 4.69) is 46.4 Å². The molecule has 0 aliphatic carbocycles. The van der Waals surface area contributed by atoms with Gasteiger partial charge in [0, 0.05) is 18.1 Å². The van der Waals surface area contributed by atoms with Gasteiger partial charge in [-0.2, -0.15) is 0 Å². The third-order valence-electron chi connectivity index (χ3n) is 3.12. The molecule has 0 aliphatic heterocycles. The molecular formula is C14H29NO2. The summed E-state index contributed by atoms with van der Waals surface area (Å²) in [5.41, 5.74) is 0.0336. The van der Waals surface area contributed by atoms with E-state index in [1.165, 1.54) is 6.42 Å². The van der Waals surface area contributed by atoms with E-state index in [-0.39, 0.29) is 12.0 Å². The molecular weight excluding hydrogens is 214 g/mol. The number of hydrogen-bond acceptors (Lipinski definition) is 2. The Morgan fingerprint density at radius 1 is 1.18 bits per heavy atom. The highest BCUT2D eigenvalue weighted by Crippen LogP contribution is 2.21. The van der Waals surface area contributed by atoms with Gasteiger partial charge in [0.05, 0.1) is 6.42 Å². The molecule has 3 heteroatoms. The van der Waals surface area contributed by atoms with Gasteiger partial charge in [0.1, 0.15) is 0 Å². The van der Waals surface area contributed by atoms with E-state index in [0.717, 1.165) is 6.42 Å². The summed E-state index contributed by atoms with van der Waals surface area (Å²) in [6.45, 7) is 13.8. The lowest BCUT2D eigenvalue weighted by atomic mass is 9.97. The second kappa shape index (κ2) is 7.00. The molecule has 17 heavy (non-hydrogen) atoms. The fourth-order valence-corrected chi connectivity index (χ4v) is 2.16. The summed E-state index contributed by atoms with van der Waals surface area (Å²) < 4.78 is 0. The van der Waals surface area contributed by atoms with Crippen molar-refractivity contribution in [3.05, 3.63) is 0 Å². The third-order valence-corrected chi connectivity index (χ3v) is 3.12. The Balaban J connectivity index is 4.41. The monoisotopic (exact) mass is 243 g/mol. The maximum absolute atomic E-state index is 10.7. The average Bonchev–Trinajstić information content (AvgIpc) is 2.12. The molecule has 0 fully saturated rings. The minimum absolute atomic E-state index is 0.0336. The third kappa shape index (κ3) is 7.37. The molecule has 0 aromatic rings. The second-order valence-corrected chi connectivity index (χ2v) is 6.33. The van der Waals surface area contributed by atoms with E-state index in [4.69, 9.17) is 5.11 Å². The Morgan fingerprint density at radius 3 is 2.06 bits per heavy atom. The first-order valence-electron chi connectivity index (χ1n) is 6.63. The first-order chi connectivity index (χ1) is 7.64. The van der Waals surface area contributed by atoms with Crippen molar-refractivity contribution in [2.45, 2.75) is 72.4 Å². The van der Waals surface area contributed by atoms with Crippen LogP contribution in [-0.4, -0.2) is 34.1 Å². The van der Waals surface area contributed by atoms with E-state index in [0.29, 0.717) is 18.5 Å². The highest BCUT2D eigenvalue weighted by atomic mass is 16.4. The summed E-state index contributed by atoms with van der Waals surface area (Å²) >= 11 is 0. The highest BCUT2D eigenvalue weighted by Gasteiger charge is 2.26. The fourth-order valence-electron chi connectivity index (χ4n) is 2.16. The molecule has 1 unspecified atom stereocenters. The molecule has 0 aromatic carbocycles. The highest BCUT2D eigenvalue weighted by molar-refractivity contribution is 5.66. The van der Waals surface area contributed by atoms with Crippen LogP contribution in [0.25, 0.3) is 0 Å². The molecule has 0 bridgehead atoms. The van der Waals surface area contributed by atoms with Crippen LogP contribution >= 0.6 is 0 Å². The standard InChI is InChI=1S/C14H29NO2/c1-11(2)7-8-12(3)15(14(4,5)6)10-9-13(16)17/h11-12H,7-10H2,1-6H3,(H,16,17). The van der Waals surface area contributed by atoms with E-state index < -0.39 is 5.97 Å². The molecule has 0 amide bonds. The van der Waals surface area contributed by atoms with E-state index in [1.807, 2.05) is 0 Å². The zero-order valence-electron chi connectivity index (χ0n) is 12.3. The summed E-state index contributed by atoms with van der Waals surface area (Å²) in [4.78, 5) is 13.0. The zero-order valence-corrected chi connectivity index (χ0v) is 12.3. The van der Waals surface area contributed by atoms with Crippen molar-refractivity contribution in [2.75, 3.05) is 6.54 Å². The topological polar surface area (TPSA) is 40.5 Å². The quantitative estimate of drug-likeness (QED) is 0.745. The SMILES string of the molecule is CC(C)CCC(C)N(CCC(=O)O)C(C)(C)C. The second-order valence-electron chi connectivity index (χ2n) is 6.33. The van der Waals surface area contributed by atoms with Gasteiger partial charge in [0.25, 0.3) is 0 Å². The molecule has 0 aliphatic rings. The Bertz CT molecular complexity index is 231. The smallest absolute Gasteiger partial charge is 0.304 e. The summed E-state index contributed by atoms with van der Waals surface area (Å²) in [6.07, 6.45) is 2.55. The lowest BCUT2D eigenvalue weighted by Gasteiger charge is -2.40. The molecule has 102 valence electrons. The number of hydrogen-bond donors (Lipinski definition) is 1. The molecule has 0 radical (unpaired) electrons. The van der Waals surface area contributed by atoms with Crippen LogP contribution in [0.2, 0.25) is 0 Å². The van der Waals surface area contributed by atoms with Gasteiger partial charge in [-0.15, -0.1) is 0 Å². The Hall–Kier alpha value is -0.570. The minimum Gasteiger partial charge on any atom is -0.481 e. The maximum Gasteiger partial charge on any atom is 0.304 e. The maximum atomic E-state index is 10.7. The predicted molar refractivity (Wildman–Crippen MR) is 72.2 cm³/mol. The van der Waals surface area contributed by atoms with Crippen LogP contribution in [-0.2, 0) is 4.79 Å². The molecule has 0 aromatic heterocycles. The molecule has 1 N–H and O–H groups in total. The Morgan fingerprint density at radius 2 is 1.71 bits per heavy atom. The summed E-state index contributed by atoms with van der Waals surface area (Å²) in [5, 5.41) is 8.80.